The molecule has 32 heavy (non-hydrogen) atoms. The lowest BCUT2D eigenvalue weighted by Gasteiger charge is -2.29. The molecule has 1 saturated heterocycles. The minimum atomic E-state index is -1.12. The number of hydrogen-bond donors (Lipinski definition) is 3. The van der Waals surface area contributed by atoms with E-state index in [1.165, 1.54) is 6.07 Å². The minimum Gasteiger partial charge on any atom is -0.466 e. The zero-order chi connectivity index (χ0) is 22.4. The SMILES string of the molecule is CCNC(=NCc1ccc(N2CCOCC2)c(F)c1)NCC(C)(O)c1cc(C)oc1C.I. The monoisotopic (exact) mass is 560 g/mol. The molecule has 0 spiro atoms. The maximum Gasteiger partial charge on any atom is 0.191 e. The van der Waals surface area contributed by atoms with Crippen LogP contribution in [0.4, 0.5) is 10.1 Å². The van der Waals surface area contributed by atoms with E-state index in [1.807, 2.05) is 37.8 Å². The summed E-state index contributed by atoms with van der Waals surface area (Å²) in [7, 11) is 0. The molecule has 1 fully saturated rings. The van der Waals surface area contributed by atoms with Gasteiger partial charge in [0.15, 0.2) is 5.96 Å². The molecule has 1 atom stereocenters. The van der Waals surface area contributed by atoms with Crippen LogP contribution in [-0.2, 0) is 16.9 Å². The molecular weight excluding hydrogens is 526 g/mol. The van der Waals surface area contributed by atoms with Crippen molar-refractivity contribution < 1.29 is 18.7 Å². The molecule has 3 rings (SSSR count). The fraction of sp³-hybridized carbons (Fsp3) is 0.522. The average molecular weight is 560 g/mol. The van der Waals surface area contributed by atoms with Crippen molar-refractivity contribution in [1.82, 2.24) is 10.6 Å². The van der Waals surface area contributed by atoms with Crippen LogP contribution in [0.3, 0.4) is 0 Å². The fourth-order valence-corrected chi connectivity index (χ4v) is 3.74. The van der Waals surface area contributed by atoms with E-state index in [4.69, 9.17) is 9.15 Å². The number of nitrogens with one attached hydrogen (secondary N) is 2. The average Bonchev–Trinajstić information content (AvgIpc) is 3.10. The first-order valence-electron chi connectivity index (χ1n) is 10.7. The van der Waals surface area contributed by atoms with Crippen LogP contribution in [0.5, 0.6) is 0 Å². The van der Waals surface area contributed by atoms with Gasteiger partial charge in [0.2, 0.25) is 0 Å². The topological polar surface area (TPSA) is 82.3 Å². The Kier molecular flexibility index (Phi) is 9.78. The number of halogens is 2. The summed E-state index contributed by atoms with van der Waals surface area (Å²) >= 11 is 0. The van der Waals surface area contributed by atoms with Crippen LogP contribution >= 0.6 is 24.0 Å². The summed E-state index contributed by atoms with van der Waals surface area (Å²) in [5, 5.41) is 17.2. The normalized spacial score (nSPS) is 16.3. The van der Waals surface area contributed by atoms with Gasteiger partial charge in [-0.15, -0.1) is 24.0 Å². The number of ether oxygens (including phenoxy) is 1. The van der Waals surface area contributed by atoms with Crippen LogP contribution in [-0.4, -0.2) is 50.5 Å². The third-order valence-electron chi connectivity index (χ3n) is 5.35. The summed E-state index contributed by atoms with van der Waals surface area (Å²) in [6, 6.07) is 7.08. The molecule has 1 aliphatic rings. The lowest BCUT2D eigenvalue weighted by Crippen LogP contribution is -2.44. The highest BCUT2D eigenvalue weighted by molar-refractivity contribution is 14.0. The predicted molar refractivity (Wildman–Crippen MR) is 135 cm³/mol. The van der Waals surface area contributed by atoms with Crippen molar-refractivity contribution in [3.8, 4) is 0 Å². The van der Waals surface area contributed by atoms with Gasteiger partial charge in [-0.25, -0.2) is 9.38 Å². The maximum atomic E-state index is 14.6. The quantitative estimate of drug-likeness (QED) is 0.274. The molecule has 0 radical (unpaired) electrons. The molecular formula is C23H34FIN4O3. The van der Waals surface area contributed by atoms with Crippen molar-refractivity contribution in [3.05, 3.63) is 52.7 Å². The van der Waals surface area contributed by atoms with E-state index < -0.39 is 5.60 Å². The van der Waals surface area contributed by atoms with Crippen molar-refractivity contribution in [2.24, 2.45) is 4.99 Å². The first-order valence-corrected chi connectivity index (χ1v) is 10.7. The van der Waals surface area contributed by atoms with Gasteiger partial charge < -0.3 is 29.8 Å². The molecule has 9 heteroatoms. The molecule has 0 amide bonds. The van der Waals surface area contributed by atoms with Gasteiger partial charge in [0.1, 0.15) is 22.9 Å². The highest BCUT2D eigenvalue weighted by Gasteiger charge is 2.28. The van der Waals surface area contributed by atoms with Gasteiger partial charge in [-0.2, -0.15) is 0 Å². The van der Waals surface area contributed by atoms with Crippen molar-refractivity contribution >= 4 is 35.6 Å². The third kappa shape index (κ3) is 6.82. The summed E-state index contributed by atoms with van der Waals surface area (Å²) in [6.45, 7) is 11.3. The Hall–Kier alpha value is -1.85. The summed E-state index contributed by atoms with van der Waals surface area (Å²) in [6.07, 6.45) is 0. The molecule has 178 valence electrons. The van der Waals surface area contributed by atoms with E-state index in [9.17, 15) is 9.50 Å². The van der Waals surface area contributed by atoms with E-state index in [-0.39, 0.29) is 36.3 Å². The van der Waals surface area contributed by atoms with Gasteiger partial charge in [0, 0.05) is 25.2 Å². The van der Waals surface area contributed by atoms with Crippen LogP contribution in [0.25, 0.3) is 0 Å². The van der Waals surface area contributed by atoms with Crippen LogP contribution in [0.15, 0.2) is 33.7 Å². The number of aryl methyl sites for hydroxylation is 2. The summed E-state index contributed by atoms with van der Waals surface area (Å²) in [5.41, 5.74) is 1.00. The smallest absolute Gasteiger partial charge is 0.191 e. The molecule has 2 aromatic rings. The number of benzene rings is 1. The van der Waals surface area contributed by atoms with E-state index in [2.05, 4.69) is 15.6 Å². The summed E-state index contributed by atoms with van der Waals surface area (Å²) in [5.74, 6) is 1.76. The van der Waals surface area contributed by atoms with Crippen molar-refractivity contribution in [1.29, 1.82) is 0 Å². The zero-order valence-corrected chi connectivity index (χ0v) is 21.5. The molecule has 1 aromatic heterocycles. The standard InChI is InChI=1S/C23H33FN4O3.HI/c1-5-25-22(27-15-23(4,29)19-12-16(2)31-17(19)3)26-14-18-6-7-21(20(24)13-18)28-8-10-30-11-9-28;/h6-7,12-13,29H,5,8-11,14-15H2,1-4H3,(H2,25,26,27);1H. The molecule has 1 aromatic carbocycles. The number of guanidine groups is 1. The maximum absolute atomic E-state index is 14.6. The number of aliphatic hydroxyl groups is 1. The van der Waals surface area contributed by atoms with Gasteiger partial charge in [0.05, 0.1) is 32.0 Å². The predicted octanol–water partition coefficient (Wildman–Crippen LogP) is 3.45. The Labute approximate surface area is 206 Å². The molecule has 0 aliphatic carbocycles. The third-order valence-corrected chi connectivity index (χ3v) is 5.35. The van der Waals surface area contributed by atoms with Crippen molar-refractivity contribution in [2.45, 2.75) is 39.8 Å². The largest absolute Gasteiger partial charge is 0.466 e. The first-order chi connectivity index (χ1) is 14.8. The molecule has 7 nitrogen and oxygen atoms in total. The second-order valence-corrected chi connectivity index (χ2v) is 8.03. The second kappa shape index (κ2) is 11.9. The number of rotatable bonds is 7. The van der Waals surface area contributed by atoms with E-state index in [0.29, 0.717) is 56.8 Å². The number of nitrogens with zero attached hydrogens (tertiary/aromatic N) is 2. The molecule has 1 aliphatic heterocycles. The lowest BCUT2D eigenvalue weighted by atomic mass is 9.96. The Morgan fingerprint density at radius 1 is 1.22 bits per heavy atom. The second-order valence-electron chi connectivity index (χ2n) is 8.03. The van der Waals surface area contributed by atoms with Crippen LogP contribution in [0, 0.1) is 19.7 Å². The zero-order valence-electron chi connectivity index (χ0n) is 19.2. The van der Waals surface area contributed by atoms with Gasteiger partial charge in [-0.05, 0) is 51.5 Å². The highest BCUT2D eigenvalue weighted by atomic mass is 127. The molecule has 2 heterocycles. The Morgan fingerprint density at radius 2 is 1.94 bits per heavy atom. The summed E-state index contributed by atoms with van der Waals surface area (Å²) < 4.78 is 25.5. The lowest BCUT2D eigenvalue weighted by molar-refractivity contribution is 0.0601. The van der Waals surface area contributed by atoms with Gasteiger partial charge in [-0.1, -0.05) is 6.07 Å². The Morgan fingerprint density at radius 3 is 2.53 bits per heavy atom. The van der Waals surface area contributed by atoms with E-state index >= 15 is 0 Å². The van der Waals surface area contributed by atoms with Crippen LogP contribution in [0.2, 0.25) is 0 Å². The number of hydrogen-bond acceptors (Lipinski definition) is 5. The number of aliphatic imine (C=N–C) groups is 1. The van der Waals surface area contributed by atoms with Gasteiger partial charge >= 0.3 is 0 Å². The number of morpholine rings is 1. The molecule has 1 unspecified atom stereocenters. The van der Waals surface area contributed by atoms with E-state index in [0.717, 1.165) is 16.9 Å². The number of furan rings is 1. The van der Waals surface area contributed by atoms with Gasteiger partial charge in [0.25, 0.3) is 0 Å². The molecule has 0 saturated carbocycles. The first kappa shape index (κ1) is 26.4. The van der Waals surface area contributed by atoms with Gasteiger partial charge in [-0.3, -0.25) is 0 Å². The van der Waals surface area contributed by atoms with Crippen LogP contribution < -0.4 is 15.5 Å². The summed E-state index contributed by atoms with van der Waals surface area (Å²) in [4.78, 5) is 6.55. The Balaban J connectivity index is 0.00000363. The van der Waals surface area contributed by atoms with Crippen molar-refractivity contribution in [2.75, 3.05) is 44.3 Å². The van der Waals surface area contributed by atoms with Crippen LogP contribution in [0.1, 0.15) is 36.5 Å². The minimum absolute atomic E-state index is 0. The molecule has 3 N–H and O–H groups in total. The van der Waals surface area contributed by atoms with Crippen molar-refractivity contribution in [3.63, 3.8) is 0 Å². The fourth-order valence-electron chi connectivity index (χ4n) is 3.74. The number of anilines is 1. The van der Waals surface area contributed by atoms with E-state index in [1.54, 1.807) is 13.0 Å². The molecule has 0 bridgehead atoms. The highest BCUT2D eigenvalue weighted by Crippen LogP contribution is 2.26. The Bertz CT molecular complexity index is 911.